The lowest BCUT2D eigenvalue weighted by Crippen LogP contribution is -2.30. The van der Waals surface area contributed by atoms with Gasteiger partial charge in [0.25, 0.3) is 0 Å². The molecular formula is C16H20BrNO3. The van der Waals surface area contributed by atoms with Crippen molar-refractivity contribution in [1.82, 2.24) is 4.90 Å². The summed E-state index contributed by atoms with van der Waals surface area (Å²) >= 11 is 3.43. The van der Waals surface area contributed by atoms with E-state index in [1.165, 1.54) is 7.11 Å². The second-order valence-electron chi connectivity index (χ2n) is 5.54. The first-order chi connectivity index (χ1) is 10.0. The van der Waals surface area contributed by atoms with Crippen LogP contribution in [0, 0.1) is 11.8 Å². The summed E-state index contributed by atoms with van der Waals surface area (Å²) in [4.78, 5) is 25.7. The van der Waals surface area contributed by atoms with Gasteiger partial charge in [0.15, 0.2) is 0 Å². The summed E-state index contributed by atoms with van der Waals surface area (Å²) in [5.74, 6) is -0.143. The predicted octanol–water partition coefficient (Wildman–Crippen LogP) is 2.65. The van der Waals surface area contributed by atoms with Crippen LogP contribution in [0.1, 0.15) is 18.9 Å². The molecule has 1 amide bonds. The topological polar surface area (TPSA) is 46.6 Å². The van der Waals surface area contributed by atoms with E-state index in [-0.39, 0.29) is 23.7 Å². The third-order valence-corrected chi connectivity index (χ3v) is 4.48. The van der Waals surface area contributed by atoms with Crippen molar-refractivity contribution in [3.63, 3.8) is 0 Å². The van der Waals surface area contributed by atoms with E-state index in [9.17, 15) is 9.59 Å². The molecule has 0 saturated carbocycles. The number of amides is 1. The molecule has 1 aromatic rings. The SMILES string of the molecule is COC(=O)C1CN(C(=O)CCc2cccc(Br)c2)CC1C. The summed E-state index contributed by atoms with van der Waals surface area (Å²) in [5.41, 5.74) is 1.13. The quantitative estimate of drug-likeness (QED) is 0.781. The molecule has 0 spiro atoms. The zero-order valence-corrected chi connectivity index (χ0v) is 13.9. The van der Waals surface area contributed by atoms with Gasteiger partial charge in [0, 0.05) is 24.0 Å². The molecule has 1 aliphatic heterocycles. The van der Waals surface area contributed by atoms with Gasteiger partial charge in [-0.1, -0.05) is 35.0 Å². The van der Waals surface area contributed by atoms with Crippen molar-refractivity contribution in [3.8, 4) is 0 Å². The van der Waals surface area contributed by atoms with Crippen molar-refractivity contribution in [3.05, 3.63) is 34.3 Å². The third kappa shape index (κ3) is 4.06. The maximum absolute atomic E-state index is 12.3. The largest absolute Gasteiger partial charge is 0.469 e. The minimum atomic E-state index is -0.218. The van der Waals surface area contributed by atoms with E-state index in [1.807, 2.05) is 31.2 Å². The highest BCUT2D eigenvalue weighted by Crippen LogP contribution is 2.25. The van der Waals surface area contributed by atoms with Gasteiger partial charge in [-0.25, -0.2) is 0 Å². The molecule has 1 fully saturated rings. The Labute approximate surface area is 133 Å². The molecule has 1 heterocycles. The summed E-state index contributed by atoms with van der Waals surface area (Å²) in [7, 11) is 1.40. The van der Waals surface area contributed by atoms with Crippen LogP contribution in [0.15, 0.2) is 28.7 Å². The highest BCUT2D eigenvalue weighted by atomic mass is 79.9. The Bertz CT molecular complexity index is 532. The maximum Gasteiger partial charge on any atom is 0.310 e. The zero-order chi connectivity index (χ0) is 15.4. The number of hydrogen-bond donors (Lipinski definition) is 0. The van der Waals surface area contributed by atoms with Crippen LogP contribution in [-0.2, 0) is 20.7 Å². The number of carbonyl (C=O) groups excluding carboxylic acids is 2. The molecule has 1 aliphatic rings. The highest BCUT2D eigenvalue weighted by Gasteiger charge is 2.37. The van der Waals surface area contributed by atoms with E-state index >= 15 is 0 Å². The van der Waals surface area contributed by atoms with Crippen molar-refractivity contribution in [1.29, 1.82) is 0 Å². The summed E-state index contributed by atoms with van der Waals surface area (Å²) in [6, 6.07) is 7.97. The van der Waals surface area contributed by atoms with E-state index in [1.54, 1.807) is 4.90 Å². The van der Waals surface area contributed by atoms with Crippen LogP contribution in [0.3, 0.4) is 0 Å². The first-order valence-electron chi connectivity index (χ1n) is 7.11. The number of rotatable bonds is 4. The van der Waals surface area contributed by atoms with Crippen molar-refractivity contribution in [2.24, 2.45) is 11.8 Å². The van der Waals surface area contributed by atoms with E-state index in [0.29, 0.717) is 25.9 Å². The van der Waals surface area contributed by atoms with Crippen LogP contribution in [0.2, 0.25) is 0 Å². The van der Waals surface area contributed by atoms with Crippen LogP contribution < -0.4 is 0 Å². The number of halogens is 1. The van der Waals surface area contributed by atoms with Gasteiger partial charge in [-0.15, -0.1) is 0 Å². The smallest absolute Gasteiger partial charge is 0.310 e. The fraction of sp³-hybridized carbons (Fsp3) is 0.500. The number of benzene rings is 1. The molecule has 4 nitrogen and oxygen atoms in total. The van der Waals surface area contributed by atoms with Crippen LogP contribution in [0.4, 0.5) is 0 Å². The van der Waals surface area contributed by atoms with Crippen LogP contribution >= 0.6 is 15.9 Å². The monoisotopic (exact) mass is 353 g/mol. The molecule has 2 rings (SSSR count). The number of likely N-dealkylation sites (tertiary alicyclic amines) is 1. The molecule has 0 aromatic heterocycles. The average molecular weight is 354 g/mol. The fourth-order valence-electron chi connectivity index (χ4n) is 2.73. The van der Waals surface area contributed by atoms with E-state index in [4.69, 9.17) is 4.74 Å². The average Bonchev–Trinajstić information content (AvgIpc) is 2.86. The van der Waals surface area contributed by atoms with Gasteiger partial charge in [-0.05, 0) is 30.0 Å². The van der Waals surface area contributed by atoms with E-state index in [2.05, 4.69) is 15.9 Å². The van der Waals surface area contributed by atoms with Crippen molar-refractivity contribution in [2.45, 2.75) is 19.8 Å². The van der Waals surface area contributed by atoms with Gasteiger partial charge in [-0.3, -0.25) is 9.59 Å². The van der Waals surface area contributed by atoms with E-state index in [0.717, 1.165) is 10.0 Å². The molecule has 1 saturated heterocycles. The van der Waals surface area contributed by atoms with Gasteiger partial charge >= 0.3 is 5.97 Å². The van der Waals surface area contributed by atoms with Gasteiger partial charge in [0.1, 0.15) is 0 Å². The van der Waals surface area contributed by atoms with Crippen LogP contribution in [-0.4, -0.2) is 37.0 Å². The molecule has 0 radical (unpaired) electrons. The third-order valence-electron chi connectivity index (χ3n) is 3.99. The number of carbonyl (C=O) groups is 2. The Morgan fingerprint density at radius 3 is 2.81 bits per heavy atom. The van der Waals surface area contributed by atoms with Gasteiger partial charge in [-0.2, -0.15) is 0 Å². The van der Waals surface area contributed by atoms with Crippen molar-refractivity contribution >= 4 is 27.8 Å². The summed E-state index contributed by atoms with van der Waals surface area (Å²) in [6.07, 6.45) is 1.18. The molecule has 0 bridgehead atoms. The first-order valence-corrected chi connectivity index (χ1v) is 7.90. The number of esters is 1. The van der Waals surface area contributed by atoms with Crippen LogP contribution in [0.25, 0.3) is 0 Å². The van der Waals surface area contributed by atoms with E-state index < -0.39 is 0 Å². The number of ether oxygens (including phenoxy) is 1. The number of hydrogen-bond acceptors (Lipinski definition) is 3. The Hall–Kier alpha value is -1.36. The second kappa shape index (κ2) is 7.07. The van der Waals surface area contributed by atoms with Gasteiger partial charge in [0.2, 0.25) is 5.91 Å². The highest BCUT2D eigenvalue weighted by molar-refractivity contribution is 9.10. The summed E-state index contributed by atoms with van der Waals surface area (Å²) in [5, 5.41) is 0. The molecule has 2 atom stereocenters. The lowest BCUT2D eigenvalue weighted by molar-refractivity contribution is -0.146. The Balaban J connectivity index is 1.88. The maximum atomic E-state index is 12.3. The standard InChI is InChI=1S/C16H20BrNO3/c1-11-9-18(10-14(11)16(20)21-2)15(19)7-6-12-4-3-5-13(17)8-12/h3-5,8,11,14H,6-7,9-10H2,1-2H3. The fourth-order valence-corrected chi connectivity index (χ4v) is 3.18. The normalized spacial score (nSPS) is 21.4. The molecule has 5 heteroatoms. The summed E-state index contributed by atoms with van der Waals surface area (Å²) in [6.45, 7) is 3.10. The molecular weight excluding hydrogens is 334 g/mol. The minimum Gasteiger partial charge on any atom is -0.469 e. The molecule has 114 valence electrons. The lowest BCUT2D eigenvalue weighted by atomic mass is 9.99. The van der Waals surface area contributed by atoms with Crippen molar-refractivity contribution in [2.75, 3.05) is 20.2 Å². The Morgan fingerprint density at radius 2 is 2.14 bits per heavy atom. The summed E-state index contributed by atoms with van der Waals surface area (Å²) < 4.78 is 5.81. The number of aryl methyl sites for hydroxylation is 1. The lowest BCUT2D eigenvalue weighted by Gasteiger charge is -2.16. The molecule has 0 N–H and O–H groups in total. The molecule has 1 aromatic carbocycles. The van der Waals surface area contributed by atoms with Crippen LogP contribution in [0.5, 0.6) is 0 Å². The first kappa shape index (κ1) is 16.0. The predicted molar refractivity (Wildman–Crippen MR) is 83.7 cm³/mol. The second-order valence-corrected chi connectivity index (χ2v) is 6.45. The number of methoxy groups -OCH3 is 1. The Kier molecular flexibility index (Phi) is 5.39. The molecule has 21 heavy (non-hydrogen) atoms. The molecule has 2 unspecified atom stereocenters. The molecule has 0 aliphatic carbocycles. The zero-order valence-electron chi connectivity index (χ0n) is 12.3. The van der Waals surface area contributed by atoms with Crippen molar-refractivity contribution < 1.29 is 14.3 Å². The Morgan fingerprint density at radius 1 is 1.38 bits per heavy atom. The number of nitrogens with zero attached hydrogens (tertiary/aromatic N) is 1. The van der Waals surface area contributed by atoms with Gasteiger partial charge < -0.3 is 9.64 Å². The minimum absolute atomic E-state index is 0.105. The van der Waals surface area contributed by atoms with Gasteiger partial charge in [0.05, 0.1) is 13.0 Å².